The molecule has 16 heavy (non-hydrogen) atoms. The lowest BCUT2D eigenvalue weighted by Gasteiger charge is -2.35. The summed E-state index contributed by atoms with van der Waals surface area (Å²) in [6, 6.07) is 5.56. The van der Waals surface area contributed by atoms with Crippen LogP contribution in [0, 0.1) is 0 Å². The van der Waals surface area contributed by atoms with Crippen molar-refractivity contribution in [3.05, 3.63) is 23.8 Å². The molecule has 0 bridgehead atoms. The molecule has 0 fully saturated rings. The second-order valence-electron chi connectivity index (χ2n) is 4.58. The van der Waals surface area contributed by atoms with Gasteiger partial charge in [-0.25, -0.2) is 4.79 Å². The van der Waals surface area contributed by atoms with Crippen molar-refractivity contribution < 1.29 is 9.53 Å². The monoisotopic (exact) mass is 220 g/mol. The van der Waals surface area contributed by atoms with Crippen molar-refractivity contribution in [3.63, 3.8) is 0 Å². The number of rotatable bonds is 1. The van der Waals surface area contributed by atoms with E-state index in [1.807, 2.05) is 12.1 Å². The number of fused-ring (bicyclic) bond motifs is 1. The zero-order chi connectivity index (χ0) is 11.8. The summed E-state index contributed by atoms with van der Waals surface area (Å²) in [6.45, 7) is 4.98. The number of hydrogen-bond acceptors (Lipinski definition) is 4. The largest absolute Gasteiger partial charge is 0.465 e. The van der Waals surface area contributed by atoms with Gasteiger partial charge in [-0.2, -0.15) is 0 Å². The molecule has 0 spiro atoms. The van der Waals surface area contributed by atoms with Crippen LogP contribution in [0.3, 0.4) is 0 Å². The van der Waals surface area contributed by atoms with Gasteiger partial charge in [0.2, 0.25) is 0 Å². The van der Waals surface area contributed by atoms with Crippen LogP contribution in [-0.4, -0.2) is 25.2 Å². The number of methoxy groups -OCH3 is 1. The van der Waals surface area contributed by atoms with Gasteiger partial charge in [-0.15, -0.1) is 0 Å². The molecule has 1 aliphatic rings. The van der Waals surface area contributed by atoms with Crippen molar-refractivity contribution in [1.29, 1.82) is 0 Å². The van der Waals surface area contributed by atoms with Crippen LogP contribution in [0.5, 0.6) is 0 Å². The molecule has 0 amide bonds. The van der Waals surface area contributed by atoms with E-state index in [0.717, 1.165) is 17.9 Å². The van der Waals surface area contributed by atoms with Crippen LogP contribution < -0.4 is 10.6 Å². The molecule has 1 aromatic carbocycles. The molecule has 2 rings (SSSR count). The van der Waals surface area contributed by atoms with Gasteiger partial charge in [0.25, 0.3) is 0 Å². The number of nitrogens with one attached hydrogen (secondary N) is 2. The topological polar surface area (TPSA) is 50.4 Å². The first-order valence-corrected chi connectivity index (χ1v) is 5.27. The van der Waals surface area contributed by atoms with Gasteiger partial charge in [-0.3, -0.25) is 0 Å². The quantitative estimate of drug-likeness (QED) is 0.711. The lowest BCUT2D eigenvalue weighted by molar-refractivity contribution is 0.0601. The fraction of sp³-hybridized carbons (Fsp3) is 0.417. The van der Waals surface area contributed by atoms with Crippen molar-refractivity contribution in [2.75, 3.05) is 24.3 Å². The number of ether oxygens (including phenoxy) is 1. The van der Waals surface area contributed by atoms with Gasteiger partial charge < -0.3 is 15.4 Å². The maximum Gasteiger partial charge on any atom is 0.340 e. The van der Waals surface area contributed by atoms with E-state index in [2.05, 4.69) is 24.5 Å². The Balaban J connectivity index is 2.46. The van der Waals surface area contributed by atoms with Crippen molar-refractivity contribution in [2.45, 2.75) is 19.4 Å². The van der Waals surface area contributed by atoms with E-state index in [-0.39, 0.29) is 11.5 Å². The predicted octanol–water partition coefficient (Wildman–Crippen LogP) is 2.09. The molecule has 4 heteroatoms. The summed E-state index contributed by atoms with van der Waals surface area (Å²) in [5.74, 6) is -0.316. The van der Waals surface area contributed by atoms with E-state index in [1.165, 1.54) is 7.11 Å². The minimum Gasteiger partial charge on any atom is -0.465 e. The molecule has 86 valence electrons. The van der Waals surface area contributed by atoms with Crippen molar-refractivity contribution in [2.24, 2.45) is 0 Å². The van der Waals surface area contributed by atoms with Crippen molar-refractivity contribution in [1.82, 2.24) is 0 Å². The molecule has 4 nitrogen and oxygen atoms in total. The average Bonchev–Trinajstić information content (AvgIpc) is 2.26. The zero-order valence-electron chi connectivity index (χ0n) is 9.76. The van der Waals surface area contributed by atoms with E-state index in [9.17, 15) is 4.79 Å². The molecular weight excluding hydrogens is 204 g/mol. The molecule has 0 radical (unpaired) electrons. The molecule has 0 unspecified atom stereocenters. The minimum atomic E-state index is -0.316. The lowest BCUT2D eigenvalue weighted by Crippen LogP contribution is -2.42. The highest BCUT2D eigenvalue weighted by Gasteiger charge is 2.27. The Hall–Kier alpha value is -1.71. The normalized spacial score (nSPS) is 16.7. The molecule has 0 saturated carbocycles. The zero-order valence-corrected chi connectivity index (χ0v) is 9.76. The fourth-order valence-electron chi connectivity index (χ4n) is 1.81. The first-order valence-electron chi connectivity index (χ1n) is 5.27. The third-order valence-electron chi connectivity index (χ3n) is 2.65. The smallest absolute Gasteiger partial charge is 0.340 e. The number of carbonyl (C=O) groups excluding carboxylic acids is 1. The van der Waals surface area contributed by atoms with Crippen LogP contribution in [-0.2, 0) is 4.74 Å². The standard InChI is InChI=1S/C12H16N2O2/c1-12(2)7-13-9-6-4-5-8(10(9)14-12)11(15)16-3/h4-6,13-14H,7H2,1-3H3. The third-order valence-corrected chi connectivity index (χ3v) is 2.65. The molecule has 0 saturated heterocycles. The Kier molecular flexibility index (Phi) is 2.50. The summed E-state index contributed by atoms with van der Waals surface area (Å²) in [4.78, 5) is 11.6. The molecule has 0 aliphatic carbocycles. The van der Waals surface area contributed by atoms with Crippen LogP contribution in [0.2, 0.25) is 0 Å². The Labute approximate surface area is 95.0 Å². The maximum absolute atomic E-state index is 11.6. The first-order chi connectivity index (χ1) is 7.53. The highest BCUT2D eigenvalue weighted by atomic mass is 16.5. The number of hydrogen-bond donors (Lipinski definition) is 2. The van der Waals surface area contributed by atoms with Crippen LogP contribution in [0.1, 0.15) is 24.2 Å². The van der Waals surface area contributed by atoms with E-state index in [4.69, 9.17) is 4.74 Å². The van der Waals surface area contributed by atoms with E-state index in [1.54, 1.807) is 6.07 Å². The summed E-state index contributed by atoms with van der Waals surface area (Å²) in [5.41, 5.74) is 2.27. The van der Waals surface area contributed by atoms with Gasteiger partial charge >= 0.3 is 5.97 Å². The molecule has 0 aromatic heterocycles. The Morgan fingerprint density at radius 3 is 2.88 bits per heavy atom. The summed E-state index contributed by atoms with van der Waals surface area (Å²) in [5, 5.41) is 6.66. The summed E-state index contributed by atoms with van der Waals surface area (Å²) < 4.78 is 4.76. The van der Waals surface area contributed by atoms with Gasteiger partial charge in [-0.1, -0.05) is 6.07 Å². The van der Waals surface area contributed by atoms with Crippen molar-refractivity contribution >= 4 is 17.3 Å². The number of para-hydroxylation sites is 1. The second-order valence-corrected chi connectivity index (χ2v) is 4.58. The molecule has 2 N–H and O–H groups in total. The summed E-state index contributed by atoms with van der Waals surface area (Å²) >= 11 is 0. The highest BCUT2D eigenvalue weighted by molar-refractivity contribution is 5.99. The van der Waals surface area contributed by atoms with E-state index >= 15 is 0 Å². The summed E-state index contributed by atoms with van der Waals surface area (Å²) in [6.07, 6.45) is 0. The summed E-state index contributed by atoms with van der Waals surface area (Å²) in [7, 11) is 1.39. The second kappa shape index (κ2) is 3.70. The first kappa shape index (κ1) is 10.8. The number of carbonyl (C=O) groups is 1. The number of anilines is 2. The Bertz CT molecular complexity index is 427. The molecule has 0 atom stereocenters. The number of esters is 1. The van der Waals surface area contributed by atoms with Crippen molar-refractivity contribution in [3.8, 4) is 0 Å². The molecule has 1 heterocycles. The Morgan fingerprint density at radius 2 is 2.19 bits per heavy atom. The van der Waals surface area contributed by atoms with Crippen LogP contribution in [0.4, 0.5) is 11.4 Å². The van der Waals surface area contributed by atoms with Crippen LogP contribution >= 0.6 is 0 Å². The predicted molar refractivity (Wildman–Crippen MR) is 64.0 cm³/mol. The minimum absolute atomic E-state index is 0.0723. The van der Waals surface area contributed by atoms with E-state index < -0.39 is 0 Å². The van der Waals surface area contributed by atoms with Crippen LogP contribution in [0.25, 0.3) is 0 Å². The van der Waals surface area contributed by atoms with Crippen LogP contribution in [0.15, 0.2) is 18.2 Å². The van der Waals surface area contributed by atoms with E-state index in [0.29, 0.717) is 5.56 Å². The van der Waals surface area contributed by atoms with Gasteiger partial charge in [0.1, 0.15) is 0 Å². The maximum atomic E-state index is 11.6. The van der Waals surface area contributed by atoms with Gasteiger partial charge in [-0.05, 0) is 26.0 Å². The van der Waals surface area contributed by atoms with Gasteiger partial charge in [0.05, 0.1) is 24.0 Å². The Morgan fingerprint density at radius 1 is 1.44 bits per heavy atom. The SMILES string of the molecule is COC(=O)c1cccc2c1NC(C)(C)CN2. The molecular formula is C12H16N2O2. The number of benzene rings is 1. The molecule has 1 aliphatic heterocycles. The van der Waals surface area contributed by atoms with Gasteiger partial charge in [0, 0.05) is 12.1 Å². The average molecular weight is 220 g/mol. The van der Waals surface area contributed by atoms with Gasteiger partial charge in [0.15, 0.2) is 0 Å². The molecule has 1 aromatic rings. The lowest BCUT2D eigenvalue weighted by atomic mass is 9.99. The third kappa shape index (κ3) is 1.83. The fourth-order valence-corrected chi connectivity index (χ4v) is 1.81. The highest BCUT2D eigenvalue weighted by Crippen LogP contribution is 2.33.